The van der Waals surface area contributed by atoms with Crippen molar-refractivity contribution in [3.05, 3.63) is 0 Å². The van der Waals surface area contributed by atoms with E-state index in [-0.39, 0.29) is 0 Å². The molecule has 0 saturated heterocycles. The molecule has 0 aromatic heterocycles. The fourth-order valence-electron chi connectivity index (χ4n) is 1.41. The summed E-state index contributed by atoms with van der Waals surface area (Å²) in [4.78, 5) is 2.43. The van der Waals surface area contributed by atoms with E-state index in [4.69, 9.17) is 4.74 Å². The maximum atomic E-state index is 5.03. The van der Waals surface area contributed by atoms with Crippen molar-refractivity contribution in [2.24, 2.45) is 0 Å². The highest BCUT2D eigenvalue weighted by Crippen LogP contribution is 1.91. The molecule has 3 nitrogen and oxygen atoms in total. The van der Waals surface area contributed by atoms with E-state index in [1.807, 2.05) is 0 Å². The van der Waals surface area contributed by atoms with Crippen LogP contribution in [-0.4, -0.2) is 50.8 Å². The lowest BCUT2D eigenvalue weighted by Gasteiger charge is -2.20. The monoisotopic (exact) mass is 202 g/mol. The Labute approximate surface area is 88.8 Å². The zero-order valence-corrected chi connectivity index (χ0v) is 10.2. The zero-order valence-electron chi connectivity index (χ0n) is 10.2. The van der Waals surface area contributed by atoms with Crippen LogP contribution in [0.4, 0.5) is 0 Å². The number of nitrogens with zero attached hydrogens (tertiary/aromatic N) is 1. The number of methoxy groups -OCH3 is 1. The molecule has 0 aliphatic carbocycles. The molecule has 0 radical (unpaired) electrons. The highest BCUT2D eigenvalue weighted by atomic mass is 16.5. The van der Waals surface area contributed by atoms with Gasteiger partial charge in [-0.1, -0.05) is 13.8 Å². The topological polar surface area (TPSA) is 24.5 Å². The molecule has 1 N–H and O–H groups in total. The summed E-state index contributed by atoms with van der Waals surface area (Å²) in [6, 6.07) is 0.561. The molecule has 0 rings (SSSR count). The minimum Gasteiger partial charge on any atom is -0.385 e. The number of rotatable bonds is 9. The second kappa shape index (κ2) is 9.44. The molecule has 0 saturated carbocycles. The summed E-state index contributed by atoms with van der Waals surface area (Å²) < 4.78 is 5.03. The van der Waals surface area contributed by atoms with Gasteiger partial charge in [0.2, 0.25) is 0 Å². The Balaban J connectivity index is 3.33. The molecule has 0 aromatic rings. The minimum absolute atomic E-state index is 0.561. The third-order valence-corrected chi connectivity index (χ3v) is 2.57. The molecular weight excluding hydrogens is 176 g/mol. The SMILES string of the molecule is CCN(CC)CCNC(C)CCOC. The summed E-state index contributed by atoms with van der Waals surface area (Å²) >= 11 is 0. The van der Waals surface area contributed by atoms with Crippen molar-refractivity contribution in [1.29, 1.82) is 0 Å². The summed E-state index contributed by atoms with van der Waals surface area (Å²) in [6.45, 7) is 12.0. The Morgan fingerprint density at radius 2 is 1.93 bits per heavy atom. The van der Waals surface area contributed by atoms with Gasteiger partial charge in [-0.15, -0.1) is 0 Å². The molecule has 1 unspecified atom stereocenters. The van der Waals surface area contributed by atoms with Crippen LogP contribution in [0.2, 0.25) is 0 Å². The van der Waals surface area contributed by atoms with E-state index in [0.717, 1.165) is 39.2 Å². The molecule has 0 amide bonds. The molecule has 0 bridgehead atoms. The van der Waals surface area contributed by atoms with Gasteiger partial charge < -0.3 is 15.0 Å². The number of likely N-dealkylation sites (N-methyl/N-ethyl adjacent to an activating group) is 1. The Morgan fingerprint density at radius 3 is 2.43 bits per heavy atom. The molecule has 0 heterocycles. The molecule has 3 heteroatoms. The van der Waals surface area contributed by atoms with Crippen molar-refractivity contribution in [2.75, 3.05) is 39.9 Å². The van der Waals surface area contributed by atoms with Gasteiger partial charge in [-0.25, -0.2) is 0 Å². The van der Waals surface area contributed by atoms with Crippen LogP contribution in [0.5, 0.6) is 0 Å². The van der Waals surface area contributed by atoms with Crippen LogP contribution in [-0.2, 0) is 4.74 Å². The Morgan fingerprint density at radius 1 is 1.29 bits per heavy atom. The predicted octanol–water partition coefficient (Wildman–Crippen LogP) is 1.34. The zero-order chi connectivity index (χ0) is 10.8. The van der Waals surface area contributed by atoms with Crippen molar-refractivity contribution in [3.63, 3.8) is 0 Å². The van der Waals surface area contributed by atoms with Gasteiger partial charge in [-0.05, 0) is 26.4 Å². The highest BCUT2D eigenvalue weighted by Gasteiger charge is 2.02. The van der Waals surface area contributed by atoms with Crippen LogP contribution >= 0.6 is 0 Å². The van der Waals surface area contributed by atoms with E-state index in [0.29, 0.717) is 6.04 Å². The van der Waals surface area contributed by atoms with Gasteiger partial charge in [-0.3, -0.25) is 0 Å². The van der Waals surface area contributed by atoms with Gasteiger partial charge in [0.05, 0.1) is 0 Å². The molecule has 1 atom stereocenters. The number of ether oxygens (including phenoxy) is 1. The standard InChI is InChI=1S/C11H26N2O/c1-5-13(6-2)9-8-12-11(3)7-10-14-4/h11-12H,5-10H2,1-4H3. The lowest BCUT2D eigenvalue weighted by Crippen LogP contribution is -2.36. The third kappa shape index (κ3) is 7.30. The van der Waals surface area contributed by atoms with Gasteiger partial charge in [0, 0.05) is 32.8 Å². The lowest BCUT2D eigenvalue weighted by molar-refractivity contribution is 0.183. The summed E-state index contributed by atoms with van der Waals surface area (Å²) in [5.41, 5.74) is 0. The number of hydrogen-bond donors (Lipinski definition) is 1. The van der Waals surface area contributed by atoms with Crippen LogP contribution in [0.1, 0.15) is 27.2 Å². The maximum absolute atomic E-state index is 5.03. The summed E-state index contributed by atoms with van der Waals surface area (Å²) in [6.07, 6.45) is 1.09. The van der Waals surface area contributed by atoms with Crippen LogP contribution in [0.15, 0.2) is 0 Å². The third-order valence-electron chi connectivity index (χ3n) is 2.57. The Hall–Kier alpha value is -0.120. The van der Waals surface area contributed by atoms with Crippen LogP contribution in [0.25, 0.3) is 0 Å². The van der Waals surface area contributed by atoms with Gasteiger partial charge in [-0.2, -0.15) is 0 Å². The first kappa shape index (κ1) is 13.9. The van der Waals surface area contributed by atoms with E-state index in [1.165, 1.54) is 0 Å². The van der Waals surface area contributed by atoms with Gasteiger partial charge in [0.15, 0.2) is 0 Å². The predicted molar refractivity (Wildman–Crippen MR) is 61.7 cm³/mol. The molecule has 0 aromatic carbocycles. The number of nitrogens with one attached hydrogen (secondary N) is 1. The van der Waals surface area contributed by atoms with Gasteiger partial charge in [0.25, 0.3) is 0 Å². The van der Waals surface area contributed by atoms with Crippen molar-refractivity contribution in [1.82, 2.24) is 10.2 Å². The van der Waals surface area contributed by atoms with E-state index in [2.05, 4.69) is 31.0 Å². The van der Waals surface area contributed by atoms with E-state index in [9.17, 15) is 0 Å². The molecule has 86 valence electrons. The van der Waals surface area contributed by atoms with Crippen LogP contribution in [0.3, 0.4) is 0 Å². The smallest absolute Gasteiger partial charge is 0.0476 e. The van der Waals surface area contributed by atoms with Crippen LogP contribution in [0, 0.1) is 0 Å². The summed E-state index contributed by atoms with van der Waals surface area (Å²) in [5.74, 6) is 0. The molecule has 14 heavy (non-hydrogen) atoms. The Bertz CT molecular complexity index is 116. The molecular formula is C11H26N2O. The second-order valence-corrected chi connectivity index (χ2v) is 3.66. The minimum atomic E-state index is 0.561. The average molecular weight is 202 g/mol. The first-order valence-electron chi connectivity index (χ1n) is 5.69. The summed E-state index contributed by atoms with van der Waals surface area (Å²) in [5, 5.41) is 3.49. The summed E-state index contributed by atoms with van der Waals surface area (Å²) in [7, 11) is 1.75. The fourth-order valence-corrected chi connectivity index (χ4v) is 1.41. The maximum Gasteiger partial charge on any atom is 0.0476 e. The first-order chi connectivity index (χ1) is 6.74. The van der Waals surface area contributed by atoms with Gasteiger partial charge >= 0.3 is 0 Å². The average Bonchev–Trinajstić information content (AvgIpc) is 2.21. The van der Waals surface area contributed by atoms with Crippen molar-refractivity contribution in [2.45, 2.75) is 33.2 Å². The molecule has 0 aliphatic rings. The largest absolute Gasteiger partial charge is 0.385 e. The van der Waals surface area contributed by atoms with Gasteiger partial charge in [0.1, 0.15) is 0 Å². The highest BCUT2D eigenvalue weighted by molar-refractivity contribution is 4.62. The molecule has 0 spiro atoms. The van der Waals surface area contributed by atoms with Crippen molar-refractivity contribution >= 4 is 0 Å². The normalized spacial score (nSPS) is 13.5. The fraction of sp³-hybridized carbons (Fsp3) is 1.00. The Kier molecular flexibility index (Phi) is 9.35. The van der Waals surface area contributed by atoms with E-state index in [1.54, 1.807) is 7.11 Å². The second-order valence-electron chi connectivity index (χ2n) is 3.66. The van der Waals surface area contributed by atoms with Crippen molar-refractivity contribution in [3.8, 4) is 0 Å². The van der Waals surface area contributed by atoms with E-state index < -0.39 is 0 Å². The number of hydrogen-bond acceptors (Lipinski definition) is 3. The quantitative estimate of drug-likeness (QED) is 0.611. The van der Waals surface area contributed by atoms with Crippen LogP contribution < -0.4 is 5.32 Å². The van der Waals surface area contributed by atoms with E-state index >= 15 is 0 Å². The molecule has 0 aliphatic heterocycles. The van der Waals surface area contributed by atoms with Crippen molar-refractivity contribution < 1.29 is 4.74 Å². The molecule has 0 fully saturated rings. The lowest BCUT2D eigenvalue weighted by atomic mass is 10.2. The first-order valence-corrected chi connectivity index (χ1v) is 5.69.